The first-order valence-electron chi connectivity index (χ1n) is 4.11. The normalized spacial score (nSPS) is 9.21. The van der Waals surface area contributed by atoms with Crippen molar-refractivity contribution < 1.29 is 9.59 Å². The number of carbonyl (C=O) groups excluding carboxylic acids is 2. The Morgan fingerprint density at radius 1 is 1.50 bits per heavy atom. The van der Waals surface area contributed by atoms with E-state index >= 15 is 0 Å². The van der Waals surface area contributed by atoms with Gasteiger partial charge in [0.2, 0.25) is 0 Å². The second kappa shape index (κ2) is 3.84. The number of carbonyl (C=O) groups is 2. The lowest BCUT2D eigenvalue weighted by atomic mass is 9.95. The fourth-order valence-electron chi connectivity index (χ4n) is 1.34. The molecule has 0 amide bonds. The minimum atomic E-state index is -0.257. The topological polar surface area (TPSA) is 57.9 Å². The molecule has 0 N–H and O–H groups in total. The van der Waals surface area contributed by atoms with Crippen LogP contribution in [0.15, 0.2) is 12.1 Å². The fourth-order valence-corrected chi connectivity index (χ4v) is 1.34. The first kappa shape index (κ1) is 10.1. The summed E-state index contributed by atoms with van der Waals surface area (Å²) in [6.45, 7) is 3.09. The van der Waals surface area contributed by atoms with Gasteiger partial charge in [-0.1, -0.05) is 12.1 Å². The summed E-state index contributed by atoms with van der Waals surface area (Å²) in [5.74, 6) is -0.257. The molecule has 70 valence electrons. The van der Waals surface area contributed by atoms with Crippen LogP contribution in [0.1, 0.15) is 38.8 Å². The van der Waals surface area contributed by atoms with E-state index < -0.39 is 0 Å². The van der Waals surface area contributed by atoms with E-state index in [9.17, 15) is 9.59 Å². The van der Waals surface area contributed by atoms with E-state index in [4.69, 9.17) is 5.26 Å². The first-order chi connectivity index (χ1) is 6.61. The molecule has 1 rings (SSSR count). The minimum absolute atomic E-state index is 0.225. The lowest BCUT2D eigenvalue weighted by Gasteiger charge is -2.05. The van der Waals surface area contributed by atoms with E-state index in [0.717, 1.165) is 0 Å². The molecule has 0 unspecified atom stereocenters. The third kappa shape index (κ3) is 1.55. The number of ketones is 1. The van der Waals surface area contributed by atoms with Gasteiger partial charge in [0.25, 0.3) is 0 Å². The van der Waals surface area contributed by atoms with Gasteiger partial charge in [-0.15, -0.1) is 0 Å². The molecule has 0 aliphatic heterocycles. The molecule has 0 bridgehead atoms. The van der Waals surface area contributed by atoms with Gasteiger partial charge in [-0.2, -0.15) is 5.26 Å². The molecular weight excluding hydrogens is 178 g/mol. The number of nitrogens with zero attached hydrogens (tertiary/aromatic N) is 1. The number of aldehydes is 1. The van der Waals surface area contributed by atoms with Gasteiger partial charge in [-0.25, -0.2) is 0 Å². The van der Waals surface area contributed by atoms with Crippen molar-refractivity contribution in [2.45, 2.75) is 13.8 Å². The summed E-state index contributed by atoms with van der Waals surface area (Å²) in [6.07, 6.45) is 0.594. The van der Waals surface area contributed by atoms with Gasteiger partial charge in [0.1, 0.15) is 6.07 Å². The Hall–Kier alpha value is -1.95. The molecule has 0 spiro atoms. The maximum atomic E-state index is 11.2. The summed E-state index contributed by atoms with van der Waals surface area (Å²) in [5, 5.41) is 8.85. The monoisotopic (exact) mass is 187 g/mol. The Bertz CT molecular complexity index is 441. The molecule has 3 nitrogen and oxygen atoms in total. The maximum absolute atomic E-state index is 11.2. The predicted molar refractivity (Wildman–Crippen MR) is 51.3 cm³/mol. The summed E-state index contributed by atoms with van der Waals surface area (Å²) in [6, 6.07) is 5.16. The number of benzene rings is 1. The van der Waals surface area contributed by atoms with Crippen molar-refractivity contribution >= 4 is 12.1 Å². The summed E-state index contributed by atoms with van der Waals surface area (Å²) < 4.78 is 0. The van der Waals surface area contributed by atoms with Crippen molar-refractivity contribution in [3.63, 3.8) is 0 Å². The van der Waals surface area contributed by atoms with Crippen LogP contribution in [0.2, 0.25) is 0 Å². The molecule has 14 heavy (non-hydrogen) atoms. The van der Waals surface area contributed by atoms with Crippen molar-refractivity contribution in [3.05, 3.63) is 34.4 Å². The van der Waals surface area contributed by atoms with Crippen LogP contribution in [0.5, 0.6) is 0 Å². The Kier molecular flexibility index (Phi) is 2.78. The van der Waals surface area contributed by atoms with E-state index in [2.05, 4.69) is 0 Å². The van der Waals surface area contributed by atoms with Crippen molar-refractivity contribution in [2.24, 2.45) is 0 Å². The lowest BCUT2D eigenvalue weighted by Crippen LogP contribution is -2.04. The molecule has 0 aliphatic rings. The molecule has 0 fully saturated rings. The van der Waals surface area contributed by atoms with Crippen LogP contribution in [-0.2, 0) is 0 Å². The highest BCUT2D eigenvalue weighted by molar-refractivity contribution is 6.03. The van der Waals surface area contributed by atoms with E-state index in [0.29, 0.717) is 17.4 Å². The second-order valence-corrected chi connectivity index (χ2v) is 3.01. The van der Waals surface area contributed by atoms with Gasteiger partial charge >= 0.3 is 0 Å². The summed E-state index contributed by atoms with van der Waals surface area (Å²) in [7, 11) is 0. The second-order valence-electron chi connectivity index (χ2n) is 3.01. The molecule has 1 aromatic rings. The summed E-state index contributed by atoms with van der Waals surface area (Å²) >= 11 is 0. The van der Waals surface area contributed by atoms with E-state index in [-0.39, 0.29) is 16.9 Å². The number of hydrogen-bond acceptors (Lipinski definition) is 3. The van der Waals surface area contributed by atoms with Crippen LogP contribution >= 0.6 is 0 Å². The molecule has 0 radical (unpaired) electrons. The first-order valence-corrected chi connectivity index (χ1v) is 4.11. The summed E-state index contributed by atoms with van der Waals surface area (Å²) in [4.78, 5) is 21.9. The Labute approximate surface area is 82.0 Å². The standard InChI is InChI=1S/C11H9NO2/c1-7-3-4-9(6-13)11(8(2)14)10(7)5-12/h3-4,6H,1-2H3. The van der Waals surface area contributed by atoms with E-state index in [1.165, 1.54) is 6.92 Å². The fraction of sp³-hybridized carbons (Fsp3) is 0.182. The molecule has 0 heterocycles. The Morgan fingerprint density at radius 3 is 2.57 bits per heavy atom. The molecule has 3 heteroatoms. The Balaban J connectivity index is 3.62. The van der Waals surface area contributed by atoms with Gasteiger partial charge < -0.3 is 0 Å². The zero-order valence-corrected chi connectivity index (χ0v) is 8.00. The SMILES string of the molecule is CC(=O)c1c(C=O)ccc(C)c1C#N. The average molecular weight is 187 g/mol. The third-order valence-electron chi connectivity index (χ3n) is 2.04. The van der Waals surface area contributed by atoms with Crippen molar-refractivity contribution in [2.75, 3.05) is 0 Å². The van der Waals surface area contributed by atoms with Gasteiger partial charge in [-0.3, -0.25) is 9.59 Å². The van der Waals surface area contributed by atoms with Gasteiger partial charge in [0.05, 0.1) is 5.56 Å². The quantitative estimate of drug-likeness (QED) is 0.524. The van der Waals surface area contributed by atoms with Gasteiger partial charge in [0, 0.05) is 11.1 Å². The molecule has 0 aromatic heterocycles. The van der Waals surface area contributed by atoms with E-state index in [1.807, 2.05) is 6.07 Å². The lowest BCUT2D eigenvalue weighted by molar-refractivity contribution is 0.100. The molecule has 0 saturated heterocycles. The van der Waals surface area contributed by atoms with Crippen molar-refractivity contribution in [1.29, 1.82) is 5.26 Å². The molecule has 0 atom stereocenters. The van der Waals surface area contributed by atoms with Crippen LogP contribution < -0.4 is 0 Å². The number of hydrogen-bond donors (Lipinski definition) is 0. The highest BCUT2D eigenvalue weighted by Gasteiger charge is 2.14. The molecule has 0 aliphatic carbocycles. The largest absolute Gasteiger partial charge is 0.298 e. The molecule has 1 aromatic carbocycles. The highest BCUT2D eigenvalue weighted by Crippen LogP contribution is 2.17. The van der Waals surface area contributed by atoms with Crippen LogP contribution in [0.3, 0.4) is 0 Å². The van der Waals surface area contributed by atoms with Crippen LogP contribution in [0.25, 0.3) is 0 Å². The van der Waals surface area contributed by atoms with Crippen LogP contribution in [-0.4, -0.2) is 12.1 Å². The average Bonchev–Trinajstić information content (AvgIpc) is 2.17. The third-order valence-corrected chi connectivity index (χ3v) is 2.04. The zero-order chi connectivity index (χ0) is 10.7. The number of rotatable bonds is 2. The van der Waals surface area contributed by atoms with Crippen LogP contribution in [0, 0.1) is 18.3 Å². The van der Waals surface area contributed by atoms with Gasteiger partial charge in [-0.05, 0) is 19.4 Å². The van der Waals surface area contributed by atoms with Crippen LogP contribution in [0.4, 0.5) is 0 Å². The molecule has 0 saturated carbocycles. The minimum Gasteiger partial charge on any atom is -0.298 e. The number of nitriles is 1. The van der Waals surface area contributed by atoms with Gasteiger partial charge in [0.15, 0.2) is 12.1 Å². The number of aryl methyl sites for hydroxylation is 1. The predicted octanol–water partition coefficient (Wildman–Crippen LogP) is 1.88. The highest BCUT2D eigenvalue weighted by atomic mass is 16.1. The molecular formula is C11H9NO2. The van der Waals surface area contributed by atoms with Crippen molar-refractivity contribution in [3.8, 4) is 6.07 Å². The smallest absolute Gasteiger partial charge is 0.161 e. The zero-order valence-electron chi connectivity index (χ0n) is 8.00. The summed E-state index contributed by atoms with van der Waals surface area (Å²) in [5.41, 5.74) is 1.51. The number of Topliss-reactive ketones (excluding diaryl/α,β-unsaturated/α-hetero) is 1. The van der Waals surface area contributed by atoms with Crippen molar-refractivity contribution in [1.82, 2.24) is 0 Å². The maximum Gasteiger partial charge on any atom is 0.161 e. The van der Waals surface area contributed by atoms with E-state index in [1.54, 1.807) is 19.1 Å². The Morgan fingerprint density at radius 2 is 2.14 bits per heavy atom.